The van der Waals surface area contributed by atoms with E-state index in [0.29, 0.717) is 49.0 Å². The molecular formula is C21H28N6O3. The Morgan fingerprint density at radius 2 is 1.90 bits per heavy atom. The van der Waals surface area contributed by atoms with Crippen molar-refractivity contribution in [2.75, 3.05) is 38.3 Å². The van der Waals surface area contributed by atoms with E-state index in [2.05, 4.69) is 33.0 Å². The van der Waals surface area contributed by atoms with Crippen molar-refractivity contribution in [1.82, 2.24) is 24.5 Å². The van der Waals surface area contributed by atoms with Gasteiger partial charge in [-0.05, 0) is 12.1 Å². The standard InChI is InChI=1S/C17H18N6O3.C2H6.C2H4/c1-25-13(24)10-23-11-19-16-14(23)17(22-6-8-26-9-7-22)21-15(20-16)12-4-2-3-5-18-12;2*1-2/h2-5,11H,6-10H2,1H3;1-2H3;1-2H2. The summed E-state index contributed by atoms with van der Waals surface area (Å²) < 4.78 is 11.9. The van der Waals surface area contributed by atoms with Crippen LogP contribution >= 0.6 is 0 Å². The number of ether oxygens (including phenoxy) is 2. The smallest absolute Gasteiger partial charge is 0.325 e. The van der Waals surface area contributed by atoms with Gasteiger partial charge in [0.25, 0.3) is 0 Å². The van der Waals surface area contributed by atoms with Crippen LogP contribution in [0.5, 0.6) is 0 Å². The van der Waals surface area contributed by atoms with Gasteiger partial charge in [-0.15, -0.1) is 13.2 Å². The van der Waals surface area contributed by atoms with Gasteiger partial charge < -0.3 is 18.9 Å². The fourth-order valence-corrected chi connectivity index (χ4v) is 2.89. The number of imidazole rings is 1. The molecule has 0 radical (unpaired) electrons. The molecule has 4 heterocycles. The number of esters is 1. The van der Waals surface area contributed by atoms with Crippen LogP contribution in [0, 0.1) is 0 Å². The summed E-state index contributed by atoms with van der Waals surface area (Å²) in [7, 11) is 1.36. The summed E-state index contributed by atoms with van der Waals surface area (Å²) in [5, 5.41) is 0. The maximum Gasteiger partial charge on any atom is 0.325 e. The summed E-state index contributed by atoms with van der Waals surface area (Å²) in [5.41, 5.74) is 1.90. The highest BCUT2D eigenvalue weighted by Crippen LogP contribution is 2.27. The van der Waals surface area contributed by atoms with Crippen LogP contribution in [0.4, 0.5) is 5.82 Å². The third-order valence-electron chi connectivity index (χ3n) is 4.19. The highest BCUT2D eigenvalue weighted by molar-refractivity contribution is 5.87. The Hall–Kier alpha value is -3.33. The molecule has 0 atom stereocenters. The molecule has 1 aliphatic heterocycles. The predicted molar refractivity (Wildman–Crippen MR) is 116 cm³/mol. The van der Waals surface area contributed by atoms with Crippen LogP contribution in [-0.4, -0.2) is 63.9 Å². The van der Waals surface area contributed by atoms with Gasteiger partial charge in [0.1, 0.15) is 17.8 Å². The van der Waals surface area contributed by atoms with E-state index in [4.69, 9.17) is 14.5 Å². The number of rotatable bonds is 4. The van der Waals surface area contributed by atoms with Crippen LogP contribution in [0.25, 0.3) is 22.7 Å². The molecule has 0 bridgehead atoms. The molecule has 9 heteroatoms. The Kier molecular flexibility index (Phi) is 8.89. The molecule has 0 aliphatic carbocycles. The third kappa shape index (κ3) is 5.18. The van der Waals surface area contributed by atoms with Gasteiger partial charge >= 0.3 is 5.97 Å². The second-order valence-corrected chi connectivity index (χ2v) is 5.81. The zero-order chi connectivity index (χ0) is 21.9. The molecule has 0 spiro atoms. The van der Waals surface area contributed by atoms with Crippen molar-refractivity contribution in [3.8, 4) is 11.5 Å². The lowest BCUT2D eigenvalue weighted by Crippen LogP contribution is -2.37. The van der Waals surface area contributed by atoms with Crippen LogP contribution in [0.15, 0.2) is 43.9 Å². The SMILES string of the molecule is C=C.CC.COC(=O)Cn1cnc2nc(-c3ccccn3)nc(N3CCOCC3)c21. The van der Waals surface area contributed by atoms with E-state index < -0.39 is 0 Å². The zero-order valence-corrected chi connectivity index (χ0v) is 17.7. The number of anilines is 1. The maximum absolute atomic E-state index is 11.7. The van der Waals surface area contributed by atoms with E-state index in [1.165, 1.54) is 7.11 Å². The van der Waals surface area contributed by atoms with Crippen molar-refractivity contribution >= 4 is 23.0 Å². The Morgan fingerprint density at radius 1 is 1.17 bits per heavy atom. The highest BCUT2D eigenvalue weighted by atomic mass is 16.5. The molecule has 160 valence electrons. The summed E-state index contributed by atoms with van der Waals surface area (Å²) in [5.74, 6) is 0.870. The number of aromatic nitrogens is 5. The first-order chi connectivity index (χ1) is 14.8. The van der Waals surface area contributed by atoms with E-state index in [9.17, 15) is 4.79 Å². The van der Waals surface area contributed by atoms with Crippen molar-refractivity contribution < 1.29 is 14.3 Å². The number of pyridine rings is 1. The average Bonchev–Trinajstić information content (AvgIpc) is 3.24. The van der Waals surface area contributed by atoms with Crippen molar-refractivity contribution in [3.05, 3.63) is 43.9 Å². The first-order valence-corrected chi connectivity index (χ1v) is 9.80. The number of fused-ring (bicyclic) bond motifs is 1. The highest BCUT2D eigenvalue weighted by Gasteiger charge is 2.22. The normalized spacial score (nSPS) is 13.0. The molecule has 0 N–H and O–H groups in total. The van der Waals surface area contributed by atoms with Gasteiger partial charge in [-0.25, -0.2) is 15.0 Å². The molecule has 3 aromatic heterocycles. The molecule has 1 aliphatic rings. The molecule has 0 amide bonds. The Balaban J connectivity index is 0.000000757. The average molecular weight is 412 g/mol. The molecule has 30 heavy (non-hydrogen) atoms. The van der Waals surface area contributed by atoms with E-state index in [1.807, 2.05) is 32.0 Å². The monoisotopic (exact) mass is 412 g/mol. The van der Waals surface area contributed by atoms with Crippen molar-refractivity contribution in [3.63, 3.8) is 0 Å². The summed E-state index contributed by atoms with van der Waals surface area (Å²) in [6.45, 7) is 12.7. The third-order valence-corrected chi connectivity index (χ3v) is 4.19. The van der Waals surface area contributed by atoms with Crippen LogP contribution in [-0.2, 0) is 20.8 Å². The van der Waals surface area contributed by atoms with E-state index in [0.717, 1.165) is 5.82 Å². The van der Waals surface area contributed by atoms with E-state index in [1.54, 1.807) is 17.1 Å². The minimum atomic E-state index is -0.356. The van der Waals surface area contributed by atoms with Crippen molar-refractivity contribution in [2.45, 2.75) is 20.4 Å². The van der Waals surface area contributed by atoms with Crippen LogP contribution < -0.4 is 4.90 Å². The summed E-state index contributed by atoms with van der Waals surface area (Å²) in [6.07, 6.45) is 3.29. The lowest BCUT2D eigenvalue weighted by atomic mass is 10.3. The van der Waals surface area contributed by atoms with Crippen LogP contribution in [0.1, 0.15) is 13.8 Å². The topological polar surface area (TPSA) is 95.3 Å². The fourth-order valence-electron chi connectivity index (χ4n) is 2.89. The number of methoxy groups -OCH3 is 1. The van der Waals surface area contributed by atoms with Crippen LogP contribution in [0.3, 0.4) is 0 Å². The number of hydrogen-bond acceptors (Lipinski definition) is 8. The molecule has 0 saturated carbocycles. The Labute approximate surface area is 176 Å². The molecule has 9 nitrogen and oxygen atoms in total. The van der Waals surface area contributed by atoms with Crippen molar-refractivity contribution in [2.24, 2.45) is 0 Å². The lowest BCUT2D eigenvalue weighted by molar-refractivity contribution is -0.141. The maximum atomic E-state index is 11.7. The minimum Gasteiger partial charge on any atom is -0.468 e. The fraction of sp³-hybridized carbons (Fsp3) is 0.381. The molecule has 0 aromatic carbocycles. The first-order valence-electron chi connectivity index (χ1n) is 9.80. The van der Waals surface area contributed by atoms with Gasteiger partial charge in [-0.1, -0.05) is 19.9 Å². The minimum absolute atomic E-state index is 0.0522. The van der Waals surface area contributed by atoms with Crippen LogP contribution in [0.2, 0.25) is 0 Å². The lowest BCUT2D eigenvalue weighted by Gasteiger charge is -2.28. The van der Waals surface area contributed by atoms with Gasteiger partial charge in [0, 0.05) is 19.3 Å². The van der Waals surface area contributed by atoms with E-state index >= 15 is 0 Å². The second kappa shape index (κ2) is 11.6. The van der Waals surface area contributed by atoms with Gasteiger partial charge in [0.2, 0.25) is 0 Å². The number of nitrogens with zero attached hydrogens (tertiary/aromatic N) is 6. The Morgan fingerprint density at radius 3 is 2.53 bits per heavy atom. The van der Waals surface area contributed by atoms with Gasteiger partial charge in [-0.3, -0.25) is 9.78 Å². The zero-order valence-electron chi connectivity index (χ0n) is 17.7. The van der Waals surface area contributed by atoms with Gasteiger partial charge in [0.15, 0.2) is 17.3 Å². The number of hydrogen-bond donors (Lipinski definition) is 0. The molecule has 0 unspecified atom stereocenters. The quantitative estimate of drug-likeness (QED) is 0.477. The molecule has 4 rings (SSSR count). The summed E-state index contributed by atoms with van der Waals surface area (Å²) in [6, 6.07) is 5.59. The largest absolute Gasteiger partial charge is 0.468 e. The second-order valence-electron chi connectivity index (χ2n) is 5.81. The Bertz CT molecular complexity index is 939. The van der Waals surface area contributed by atoms with E-state index in [-0.39, 0.29) is 12.5 Å². The predicted octanol–water partition coefficient (Wildman–Crippen LogP) is 2.73. The summed E-state index contributed by atoms with van der Waals surface area (Å²) >= 11 is 0. The molecule has 3 aromatic rings. The molecular weight excluding hydrogens is 384 g/mol. The number of morpholine rings is 1. The first kappa shape index (κ1) is 23.0. The molecule has 1 saturated heterocycles. The van der Waals surface area contributed by atoms with Gasteiger partial charge in [-0.2, -0.15) is 0 Å². The number of carbonyl (C=O) groups is 1. The van der Waals surface area contributed by atoms with Crippen molar-refractivity contribution in [1.29, 1.82) is 0 Å². The number of carbonyl (C=O) groups excluding carboxylic acids is 1. The molecule has 1 fully saturated rings. The summed E-state index contributed by atoms with van der Waals surface area (Å²) in [4.78, 5) is 31.8. The van der Waals surface area contributed by atoms with Gasteiger partial charge in [0.05, 0.1) is 26.7 Å².